The lowest BCUT2D eigenvalue weighted by molar-refractivity contribution is 0.846. The molecule has 0 aliphatic rings. The molecule has 0 heterocycles. The maximum Gasteiger partial charge on any atom is -0.0276 e. The second-order valence-electron chi connectivity index (χ2n) is 2.93. The average molecular weight is 176 g/mol. The van der Waals surface area contributed by atoms with Gasteiger partial charge in [-0.15, -0.1) is 0 Å². The summed E-state index contributed by atoms with van der Waals surface area (Å²) in [4.78, 5) is 0. The summed E-state index contributed by atoms with van der Waals surface area (Å²) in [7, 11) is 0. The molecule has 0 heteroatoms. The van der Waals surface area contributed by atoms with E-state index in [1.807, 2.05) is 19.1 Å². The Hall–Kier alpha value is -1.04. The SMILES string of the molecule is C=C/C(=C\C=C/C)CCC/C=C\C. The maximum atomic E-state index is 3.79. The van der Waals surface area contributed by atoms with E-state index in [2.05, 4.69) is 37.8 Å². The van der Waals surface area contributed by atoms with E-state index in [0.29, 0.717) is 0 Å². The third kappa shape index (κ3) is 7.32. The molecule has 0 aliphatic heterocycles. The van der Waals surface area contributed by atoms with E-state index in [-0.39, 0.29) is 0 Å². The second-order valence-corrected chi connectivity index (χ2v) is 2.93. The van der Waals surface area contributed by atoms with Gasteiger partial charge < -0.3 is 0 Å². The minimum Gasteiger partial charge on any atom is -0.0988 e. The molecule has 0 atom stereocenters. The first kappa shape index (κ1) is 12.0. The van der Waals surface area contributed by atoms with Crippen LogP contribution in [0.2, 0.25) is 0 Å². The normalized spacial score (nSPS) is 12.9. The van der Waals surface area contributed by atoms with Crippen LogP contribution in [0.25, 0.3) is 0 Å². The van der Waals surface area contributed by atoms with Gasteiger partial charge in [-0.1, -0.05) is 43.0 Å². The molecular weight excluding hydrogens is 156 g/mol. The minimum absolute atomic E-state index is 1.12. The topological polar surface area (TPSA) is 0 Å². The van der Waals surface area contributed by atoms with Gasteiger partial charge in [-0.2, -0.15) is 0 Å². The lowest BCUT2D eigenvalue weighted by atomic mass is 10.1. The van der Waals surface area contributed by atoms with Gasteiger partial charge in [-0.25, -0.2) is 0 Å². The summed E-state index contributed by atoms with van der Waals surface area (Å²) in [5.74, 6) is 0. The average Bonchev–Trinajstić information content (AvgIpc) is 2.17. The van der Waals surface area contributed by atoms with Crippen molar-refractivity contribution < 1.29 is 0 Å². The van der Waals surface area contributed by atoms with Crippen molar-refractivity contribution in [2.45, 2.75) is 33.1 Å². The van der Waals surface area contributed by atoms with Crippen LogP contribution in [0.15, 0.2) is 48.6 Å². The van der Waals surface area contributed by atoms with Gasteiger partial charge in [0.2, 0.25) is 0 Å². The molecule has 0 nitrogen and oxygen atoms in total. The number of hydrogen-bond acceptors (Lipinski definition) is 0. The highest BCUT2D eigenvalue weighted by Gasteiger charge is 1.89. The largest absolute Gasteiger partial charge is 0.0988 e. The molecule has 0 rings (SSSR count). The molecule has 0 saturated heterocycles. The van der Waals surface area contributed by atoms with Gasteiger partial charge in [0, 0.05) is 0 Å². The molecule has 0 aromatic heterocycles. The molecule has 72 valence electrons. The molecule has 0 saturated carbocycles. The van der Waals surface area contributed by atoms with Crippen LogP contribution in [0, 0.1) is 0 Å². The monoisotopic (exact) mass is 176 g/mol. The first-order valence-corrected chi connectivity index (χ1v) is 4.90. The highest BCUT2D eigenvalue weighted by Crippen LogP contribution is 2.08. The fraction of sp³-hybridized carbons (Fsp3) is 0.385. The van der Waals surface area contributed by atoms with E-state index in [1.54, 1.807) is 0 Å². The fourth-order valence-corrected chi connectivity index (χ4v) is 1.06. The summed E-state index contributed by atoms with van der Waals surface area (Å²) in [5, 5.41) is 0. The van der Waals surface area contributed by atoms with Crippen LogP contribution in [-0.2, 0) is 0 Å². The standard InChI is InChI=1S/C13H20/c1-4-7-9-10-12-13(6-3)11-8-5-2/h4-8,11H,3,9-10,12H2,1-2H3/b7-4-,8-5-,13-11+. The molecule has 0 spiro atoms. The predicted molar refractivity (Wildman–Crippen MR) is 61.8 cm³/mol. The summed E-state index contributed by atoms with van der Waals surface area (Å²) >= 11 is 0. The summed E-state index contributed by atoms with van der Waals surface area (Å²) < 4.78 is 0. The van der Waals surface area contributed by atoms with Gasteiger partial charge in [-0.3, -0.25) is 0 Å². The molecule has 0 radical (unpaired) electrons. The van der Waals surface area contributed by atoms with Crippen molar-refractivity contribution in [1.82, 2.24) is 0 Å². The van der Waals surface area contributed by atoms with Gasteiger partial charge in [0.05, 0.1) is 0 Å². The van der Waals surface area contributed by atoms with Gasteiger partial charge in [-0.05, 0) is 38.7 Å². The highest BCUT2D eigenvalue weighted by molar-refractivity contribution is 5.21. The zero-order valence-electron chi connectivity index (χ0n) is 8.79. The Morgan fingerprint density at radius 1 is 1.23 bits per heavy atom. The summed E-state index contributed by atoms with van der Waals surface area (Å²) in [6.07, 6.45) is 16.0. The number of unbranched alkanes of at least 4 members (excludes halogenated alkanes) is 1. The molecule has 0 aromatic carbocycles. The Balaban J connectivity index is 3.78. The predicted octanol–water partition coefficient (Wildman–Crippen LogP) is 4.42. The molecule has 13 heavy (non-hydrogen) atoms. The van der Waals surface area contributed by atoms with E-state index in [9.17, 15) is 0 Å². The summed E-state index contributed by atoms with van der Waals surface area (Å²) in [6, 6.07) is 0. The van der Waals surface area contributed by atoms with E-state index < -0.39 is 0 Å². The minimum atomic E-state index is 1.12. The van der Waals surface area contributed by atoms with E-state index >= 15 is 0 Å². The second kappa shape index (κ2) is 9.05. The van der Waals surface area contributed by atoms with Crippen molar-refractivity contribution in [2.75, 3.05) is 0 Å². The first-order valence-electron chi connectivity index (χ1n) is 4.90. The summed E-state index contributed by atoms with van der Waals surface area (Å²) in [5.41, 5.74) is 1.32. The lowest BCUT2D eigenvalue weighted by Gasteiger charge is -1.98. The Kier molecular flexibility index (Phi) is 8.33. The molecule has 0 aromatic rings. The molecule has 0 bridgehead atoms. The van der Waals surface area contributed by atoms with Crippen LogP contribution >= 0.6 is 0 Å². The molecular formula is C13H20. The van der Waals surface area contributed by atoms with E-state index in [4.69, 9.17) is 0 Å². The zero-order valence-corrected chi connectivity index (χ0v) is 8.79. The van der Waals surface area contributed by atoms with Crippen molar-refractivity contribution >= 4 is 0 Å². The van der Waals surface area contributed by atoms with Crippen LogP contribution in [-0.4, -0.2) is 0 Å². The Morgan fingerprint density at radius 2 is 2.00 bits per heavy atom. The van der Waals surface area contributed by atoms with Gasteiger partial charge in [0.25, 0.3) is 0 Å². The van der Waals surface area contributed by atoms with Crippen LogP contribution in [0.3, 0.4) is 0 Å². The molecule has 0 aliphatic carbocycles. The molecule has 0 amide bonds. The van der Waals surface area contributed by atoms with Gasteiger partial charge in [0.15, 0.2) is 0 Å². The molecule has 0 fully saturated rings. The first-order chi connectivity index (χ1) is 6.35. The fourth-order valence-electron chi connectivity index (χ4n) is 1.06. The number of allylic oxidation sites excluding steroid dienone is 7. The molecule has 0 unspecified atom stereocenters. The Morgan fingerprint density at radius 3 is 2.54 bits per heavy atom. The quantitative estimate of drug-likeness (QED) is 0.319. The van der Waals surface area contributed by atoms with Crippen LogP contribution < -0.4 is 0 Å². The zero-order chi connectivity index (χ0) is 9.94. The highest BCUT2D eigenvalue weighted by atomic mass is 13.9. The van der Waals surface area contributed by atoms with Crippen molar-refractivity contribution in [3.05, 3.63) is 48.6 Å². The van der Waals surface area contributed by atoms with Gasteiger partial charge >= 0.3 is 0 Å². The van der Waals surface area contributed by atoms with Crippen molar-refractivity contribution in [3.63, 3.8) is 0 Å². The molecule has 0 N–H and O–H groups in total. The Bertz CT molecular complexity index is 204. The van der Waals surface area contributed by atoms with Crippen LogP contribution in [0.5, 0.6) is 0 Å². The van der Waals surface area contributed by atoms with E-state index in [1.165, 1.54) is 12.0 Å². The number of rotatable bonds is 6. The maximum absolute atomic E-state index is 3.79. The van der Waals surface area contributed by atoms with Crippen LogP contribution in [0.1, 0.15) is 33.1 Å². The van der Waals surface area contributed by atoms with E-state index in [0.717, 1.165) is 12.8 Å². The van der Waals surface area contributed by atoms with Crippen molar-refractivity contribution in [2.24, 2.45) is 0 Å². The van der Waals surface area contributed by atoms with Crippen molar-refractivity contribution in [1.29, 1.82) is 0 Å². The van der Waals surface area contributed by atoms with Crippen molar-refractivity contribution in [3.8, 4) is 0 Å². The number of hydrogen-bond donors (Lipinski definition) is 0. The summed E-state index contributed by atoms with van der Waals surface area (Å²) in [6.45, 7) is 7.88. The van der Waals surface area contributed by atoms with Crippen LogP contribution in [0.4, 0.5) is 0 Å². The third-order valence-corrected chi connectivity index (χ3v) is 1.84. The smallest absolute Gasteiger partial charge is 0.0276 e. The Labute approximate surface area is 82.4 Å². The van der Waals surface area contributed by atoms with Gasteiger partial charge in [0.1, 0.15) is 0 Å². The third-order valence-electron chi connectivity index (χ3n) is 1.84. The lowest BCUT2D eigenvalue weighted by Crippen LogP contribution is -1.78.